The second kappa shape index (κ2) is 21.4. The molecule has 8 rings (SSSR count). The molecule has 16 heteroatoms. The van der Waals surface area contributed by atoms with Gasteiger partial charge in [0.2, 0.25) is 12.6 Å². The number of nitro benzene ring substituents is 1. The van der Waals surface area contributed by atoms with E-state index in [0.717, 1.165) is 29.5 Å². The van der Waals surface area contributed by atoms with Gasteiger partial charge in [0.1, 0.15) is 36.6 Å². The van der Waals surface area contributed by atoms with Crippen LogP contribution < -0.4 is 18.9 Å². The smallest absolute Gasteiger partial charge is 0.410 e. The van der Waals surface area contributed by atoms with Crippen molar-refractivity contribution in [2.45, 2.75) is 82.5 Å². The molecule has 1 saturated carbocycles. The number of benzene rings is 4. The second-order valence-electron chi connectivity index (χ2n) is 17.1. The number of hydrogen-bond acceptors (Lipinski definition) is 13. The largest absolute Gasteiger partial charge is 0.489 e. The van der Waals surface area contributed by atoms with Crippen LogP contribution in [0.4, 0.5) is 14.9 Å². The van der Waals surface area contributed by atoms with Crippen molar-refractivity contribution < 1.29 is 57.6 Å². The third-order valence-corrected chi connectivity index (χ3v) is 13.1. The van der Waals surface area contributed by atoms with Crippen molar-refractivity contribution in [3.8, 4) is 23.0 Å². The first kappa shape index (κ1) is 47.0. The first-order chi connectivity index (χ1) is 32.7. The number of nitrogens with zero attached hydrogens (tertiary/aromatic N) is 3. The van der Waals surface area contributed by atoms with E-state index >= 15 is 0 Å². The van der Waals surface area contributed by atoms with Gasteiger partial charge in [0.15, 0.2) is 11.5 Å². The van der Waals surface area contributed by atoms with Crippen molar-refractivity contribution in [2.75, 3.05) is 33.7 Å². The van der Waals surface area contributed by atoms with Crippen LogP contribution in [0.15, 0.2) is 114 Å². The molecular formula is C51H56FN3O12. The molecule has 67 heavy (non-hydrogen) atoms. The average molecular weight is 922 g/mol. The van der Waals surface area contributed by atoms with Gasteiger partial charge in [-0.2, -0.15) is 0 Å². The Bertz CT molecular complexity index is 2460. The molecule has 2 heterocycles. The lowest BCUT2D eigenvalue weighted by Gasteiger charge is -2.59. The number of carbonyl (C=O) groups is 1. The molecule has 2 aliphatic carbocycles. The minimum absolute atomic E-state index is 0.00465. The van der Waals surface area contributed by atoms with E-state index in [-0.39, 0.29) is 82.1 Å². The van der Waals surface area contributed by atoms with Crippen LogP contribution in [-0.4, -0.2) is 77.4 Å². The first-order valence-corrected chi connectivity index (χ1v) is 22.7. The predicted octanol–water partition coefficient (Wildman–Crippen LogP) is 9.14. The van der Waals surface area contributed by atoms with Gasteiger partial charge in [-0.05, 0) is 103 Å². The number of oxime groups is 1. The number of aliphatic hydroxyl groups is 2. The lowest BCUT2D eigenvalue weighted by Crippen LogP contribution is -2.70. The summed E-state index contributed by atoms with van der Waals surface area (Å²) in [6.07, 6.45) is 7.38. The molecule has 0 aromatic heterocycles. The van der Waals surface area contributed by atoms with Crippen LogP contribution in [0.5, 0.6) is 23.0 Å². The molecule has 1 amide bonds. The van der Waals surface area contributed by atoms with Crippen LogP contribution in [0.3, 0.4) is 0 Å². The fourth-order valence-corrected chi connectivity index (χ4v) is 10.1. The predicted molar refractivity (Wildman–Crippen MR) is 244 cm³/mol. The van der Waals surface area contributed by atoms with Gasteiger partial charge in [-0.15, -0.1) is 6.58 Å². The number of unbranched alkanes of at least 4 members (excludes halogenated alkanes) is 2. The maximum absolute atomic E-state index is 14.8. The van der Waals surface area contributed by atoms with Crippen LogP contribution >= 0.6 is 0 Å². The molecule has 1 fully saturated rings. The summed E-state index contributed by atoms with van der Waals surface area (Å²) in [6, 6.07) is 22.6. The van der Waals surface area contributed by atoms with Gasteiger partial charge in [-0.1, -0.05) is 54.4 Å². The quantitative estimate of drug-likeness (QED) is 0.0351. The monoisotopic (exact) mass is 921 g/mol. The summed E-state index contributed by atoms with van der Waals surface area (Å²) in [5.41, 5.74) is 3.90. The minimum atomic E-state index is -1.58. The zero-order valence-corrected chi connectivity index (χ0v) is 37.4. The van der Waals surface area contributed by atoms with Crippen LogP contribution in [0, 0.1) is 33.7 Å². The molecule has 354 valence electrons. The molecule has 0 spiro atoms. The van der Waals surface area contributed by atoms with E-state index in [0.29, 0.717) is 65.5 Å². The van der Waals surface area contributed by atoms with Gasteiger partial charge in [0, 0.05) is 55.4 Å². The topological polar surface area (TPSA) is 181 Å². The number of aliphatic hydroxyl groups excluding tert-OH is 2. The molecule has 0 unspecified atom stereocenters. The highest BCUT2D eigenvalue weighted by molar-refractivity contribution is 6.03. The van der Waals surface area contributed by atoms with E-state index in [1.54, 1.807) is 53.4 Å². The van der Waals surface area contributed by atoms with E-state index in [4.69, 9.17) is 38.4 Å². The number of halogens is 1. The molecule has 0 radical (unpaired) electrons. The lowest BCUT2D eigenvalue weighted by atomic mass is 9.55. The molecule has 0 saturated heterocycles. The Balaban J connectivity index is 1.30. The Morgan fingerprint density at radius 3 is 2.45 bits per heavy atom. The van der Waals surface area contributed by atoms with Crippen LogP contribution in [0.2, 0.25) is 0 Å². The highest BCUT2D eigenvalue weighted by Crippen LogP contribution is 2.62. The fourth-order valence-electron chi connectivity index (χ4n) is 10.1. The molecule has 6 atom stereocenters. The van der Waals surface area contributed by atoms with E-state index in [1.807, 2.05) is 24.3 Å². The van der Waals surface area contributed by atoms with Gasteiger partial charge < -0.3 is 43.5 Å². The standard InChI is InChI=1S/C51H56FN3O12/c1-3-24-65-51-47(54(50(58)61-2)29-34-16-20-45-46(25-34)64-32-63-45)28-43(53-66-30-33-14-17-37(18-15-33)55(59)60)40-26-35(10-6-8-22-56)39(12-7-9-23-57)48(49(40)51)41-27-38(19-21-44(41)67-51)62-31-36-11-4-5-13-42(36)52/h3-5,11,13-21,25-27,35,39,47-49,56-57H,1,6-10,12,22-24,28-32H2,2H3/t35-,39+,47-,48+,49+,51+/m0/s1. The van der Waals surface area contributed by atoms with Crippen LogP contribution in [-0.2, 0) is 34.1 Å². The third kappa shape index (κ3) is 10.1. The lowest BCUT2D eigenvalue weighted by molar-refractivity contribution is -0.384. The number of methoxy groups -OCH3 is 1. The van der Waals surface area contributed by atoms with Gasteiger partial charge in [-0.3, -0.25) is 15.0 Å². The van der Waals surface area contributed by atoms with E-state index in [1.165, 1.54) is 25.3 Å². The van der Waals surface area contributed by atoms with Crippen molar-refractivity contribution >= 4 is 17.5 Å². The van der Waals surface area contributed by atoms with E-state index in [2.05, 4.69) is 12.7 Å². The Morgan fingerprint density at radius 2 is 1.70 bits per heavy atom. The highest BCUT2D eigenvalue weighted by atomic mass is 19.1. The molecule has 2 N–H and O–H groups in total. The number of nitro groups is 1. The van der Waals surface area contributed by atoms with Crippen molar-refractivity contribution in [1.82, 2.24) is 4.90 Å². The number of rotatable bonds is 21. The third-order valence-electron chi connectivity index (χ3n) is 13.1. The van der Waals surface area contributed by atoms with Gasteiger partial charge >= 0.3 is 6.09 Å². The second-order valence-corrected chi connectivity index (χ2v) is 17.1. The zero-order chi connectivity index (χ0) is 46.9. The van der Waals surface area contributed by atoms with E-state index < -0.39 is 28.8 Å². The number of carbonyl (C=O) groups excluding carboxylic acids is 1. The highest BCUT2D eigenvalue weighted by Gasteiger charge is 2.65. The number of non-ortho nitro benzene ring substituents is 1. The number of amides is 1. The normalized spacial score (nSPS) is 22.7. The van der Waals surface area contributed by atoms with Crippen molar-refractivity contribution in [3.05, 3.63) is 147 Å². The fraction of sp³-hybridized carbons (Fsp3) is 0.412. The van der Waals surface area contributed by atoms with Crippen LogP contribution in [0.1, 0.15) is 73.1 Å². The first-order valence-electron chi connectivity index (χ1n) is 22.7. The van der Waals surface area contributed by atoms with Gasteiger partial charge in [0.25, 0.3) is 5.69 Å². The molecule has 2 aliphatic heterocycles. The van der Waals surface area contributed by atoms with Crippen molar-refractivity contribution in [1.29, 1.82) is 0 Å². The molecule has 4 aliphatic rings. The summed E-state index contributed by atoms with van der Waals surface area (Å²) in [7, 11) is 1.32. The Morgan fingerprint density at radius 1 is 0.955 bits per heavy atom. The molecule has 15 nitrogen and oxygen atoms in total. The summed E-state index contributed by atoms with van der Waals surface area (Å²) < 4.78 is 52.4. The summed E-state index contributed by atoms with van der Waals surface area (Å²) in [4.78, 5) is 33.1. The maximum Gasteiger partial charge on any atom is 0.410 e. The van der Waals surface area contributed by atoms with Crippen molar-refractivity contribution in [2.24, 2.45) is 22.9 Å². The van der Waals surface area contributed by atoms with Crippen LogP contribution in [0.25, 0.3) is 0 Å². The Labute approximate surface area is 388 Å². The summed E-state index contributed by atoms with van der Waals surface area (Å²) in [5.74, 6) is -0.950. The minimum Gasteiger partial charge on any atom is -0.489 e. The van der Waals surface area contributed by atoms with Gasteiger partial charge in [-0.25, -0.2) is 9.18 Å². The zero-order valence-electron chi connectivity index (χ0n) is 37.4. The SMILES string of the molecule is C=CCO[C@@]12Oc3ccc(OCc4ccccc4F)cc3[C@H]3[C@H](CCCCO)[C@@H](CCCCO)C=C(C(=NOCc4ccc([N+](=O)[O-])cc4)C[C@@H]1N(Cc1ccc4c(c1)OCO4)C(=O)OC)[C@H]32. The Kier molecular flexibility index (Phi) is 15.0. The number of fused-ring (bicyclic) bond motifs is 3. The number of hydrogen-bond donors (Lipinski definition) is 2. The molecule has 4 aromatic rings. The summed E-state index contributed by atoms with van der Waals surface area (Å²) in [6.45, 7) is 4.21. The summed E-state index contributed by atoms with van der Waals surface area (Å²) in [5, 5.41) is 36.2. The van der Waals surface area contributed by atoms with Crippen molar-refractivity contribution in [3.63, 3.8) is 0 Å². The number of ether oxygens (including phenoxy) is 6. The average Bonchev–Trinajstić information content (AvgIpc) is 3.82. The van der Waals surface area contributed by atoms with E-state index in [9.17, 15) is 29.5 Å². The maximum atomic E-state index is 14.8. The molecule has 4 aromatic carbocycles. The molecule has 0 bridgehead atoms. The summed E-state index contributed by atoms with van der Waals surface area (Å²) >= 11 is 0. The number of allylic oxidation sites excluding steroid dienone is 1. The Hall–Kier alpha value is -6.49. The van der Waals surface area contributed by atoms with Gasteiger partial charge in [0.05, 0.1) is 30.3 Å². The molecular weight excluding hydrogens is 866 g/mol.